The molecule has 9 heteroatoms. The minimum atomic E-state index is -1.44. The molecule has 30 heavy (non-hydrogen) atoms. The number of imide groups is 1. The summed E-state index contributed by atoms with van der Waals surface area (Å²) in [5.74, 6) is 0.479. The number of anilines is 1. The Bertz CT molecular complexity index is 1170. The van der Waals surface area contributed by atoms with E-state index in [1.807, 2.05) is 47.8 Å². The number of nitriles is 1. The minimum absolute atomic E-state index is 0.0488. The fraction of sp³-hybridized carbons (Fsp3) is 0.0952. The van der Waals surface area contributed by atoms with Crippen molar-refractivity contribution in [3.05, 3.63) is 66.1 Å². The molecule has 2 aromatic carbocycles. The highest BCUT2D eigenvalue weighted by Crippen LogP contribution is 2.44. The van der Waals surface area contributed by atoms with E-state index in [0.29, 0.717) is 17.9 Å². The molecule has 1 aromatic heterocycles. The molecule has 2 N–H and O–H groups in total. The van der Waals surface area contributed by atoms with Gasteiger partial charge in [-0.15, -0.1) is 0 Å². The second-order valence-corrected chi connectivity index (χ2v) is 6.38. The van der Waals surface area contributed by atoms with Gasteiger partial charge in [-0.2, -0.15) is 10.2 Å². The van der Waals surface area contributed by atoms with E-state index in [1.54, 1.807) is 6.07 Å². The van der Waals surface area contributed by atoms with Crippen LogP contribution in [0.2, 0.25) is 0 Å². The molecule has 3 amide bonds. The van der Waals surface area contributed by atoms with Crippen LogP contribution in [-0.4, -0.2) is 33.7 Å². The molecule has 0 spiro atoms. The van der Waals surface area contributed by atoms with Gasteiger partial charge in [0.2, 0.25) is 11.7 Å². The monoisotopic (exact) mass is 401 g/mol. The van der Waals surface area contributed by atoms with Gasteiger partial charge in [-0.1, -0.05) is 36.4 Å². The summed E-state index contributed by atoms with van der Waals surface area (Å²) in [5.41, 5.74) is 3.18. The maximum Gasteiger partial charge on any atom is 0.412 e. The lowest BCUT2D eigenvalue weighted by Gasteiger charge is -2.31. The van der Waals surface area contributed by atoms with Crippen LogP contribution < -0.4 is 15.0 Å². The average molecular weight is 401 g/mol. The molecule has 0 fully saturated rings. The number of rotatable bonds is 3. The summed E-state index contributed by atoms with van der Waals surface area (Å²) in [6, 6.07) is 15.9. The van der Waals surface area contributed by atoms with E-state index in [-0.39, 0.29) is 18.2 Å². The number of hydrogen-bond donors (Lipinski definition) is 2. The van der Waals surface area contributed by atoms with Crippen molar-refractivity contribution in [1.82, 2.24) is 15.3 Å². The molecule has 2 bridgehead atoms. The summed E-state index contributed by atoms with van der Waals surface area (Å²) in [5, 5.41) is 19.8. The molecule has 1 aliphatic heterocycles. The number of aromatic nitrogens is 2. The lowest BCUT2D eigenvalue weighted by Crippen LogP contribution is -2.45. The molecular weight excluding hydrogens is 386 g/mol. The van der Waals surface area contributed by atoms with E-state index in [4.69, 9.17) is 15.1 Å². The number of nitrogens with one attached hydrogen (secondary N) is 1. The Morgan fingerprint density at radius 2 is 1.97 bits per heavy atom. The Morgan fingerprint density at radius 3 is 2.70 bits per heavy atom. The van der Waals surface area contributed by atoms with E-state index in [2.05, 4.69) is 9.97 Å². The maximum absolute atomic E-state index is 12.4. The number of carbonyl (C=O) groups is 2. The summed E-state index contributed by atoms with van der Waals surface area (Å²) in [6.45, 7) is 0.282. The first-order chi connectivity index (χ1) is 14.6. The zero-order valence-corrected chi connectivity index (χ0v) is 15.6. The van der Waals surface area contributed by atoms with Gasteiger partial charge in [-0.25, -0.2) is 19.9 Å². The van der Waals surface area contributed by atoms with Crippen molar-refractivity contribution in [2.45, 2.75) is 6.42 Å². The Kier molecular flexibility index (Phi) is 4.97. The third-order valence-corrected chi connectivity index (χ3v) is 4.60. The fourth-order valence-electron chi connectivity index (χ4n) is 3.35. The third kappa shape index (κ3) is 3.62. The lowest BCUT2D eigenvalue weighted by atomic mass is 9.93. The highest BCUT2D eigenvalue weighted by atomic mass is 16.5. The quantitative estimate of drug-likeness (QED) is 0.686. The van der Waals surface area contributed by atoms with Gasteiger partial charge in [-0.05, 0) is 23.6 Å². The van der Waals surface area contributed by atoms with Gasteiger partial charge in [0.05, 0.1) is 5.69 Å². The topological polar surface area (TPSA) is 128 Å². The summed E-state index contributed by atoms with van der Waals surface area (Å²) < 4.78 is 6.00. The van der Waals surface area contributed by atoms with Crippen molar-refractivity contribution in [1.29, 1.82) is 5.26 Å². The average Bonchev–Trinajstić information content (AvgIpc) is 2.74. The van der Waals surface area contributed by atoms with E-state index in [1.165, 1.54) is 17.2 Å². The van der Waals surface area contributed by atoms with Crippen LogP contribution in [0.5, 0.6) is 11.6 Å². The molecule has 3 aromatic rings. The Morgan fingerprint density at radius 1 is 1.17 bits per heavy atom. The zero-order chi connectivity index (χ0) is 21.1. The SMILES string of the molecule is N#Cc1nccc(Oc2c3ccc(-c4ccccc4)c2CCN3C(=O)NC(=O)O)n1. The molecule has 0 unspecified atom stereocenters. The van der Waals surface area contributed by atoms with Crippen LogP contribution in [0.3, 0.4) is 0 Å². The number of fused-ring (bicyclic) bond motifs is 2. The second-order valence-electron chi connectivity index (χ2n) is 6.38. The Hall–Kier alpha value is -4.45. The van der Waals surface area contributed by atoms with Gasteiger partial charge >= 0.3 is 12.1 Å². The smallest absolute Gasteiger partial charge is 0.412 e. The van der Waals surface area contributed by atoms with Crippen LogP contribution >= 0.6 is 0 Å². The molecule has 0 radical (unpaired) electrons. The van der Waals surface area contributed by atoms with Crippen molar-refractivity contribution in [2.24, 2.45) is 0 Å². The van der Waals surface area contributed by atoms with Crippen LogP contribution in [0.25, 0.3) is 11.1 Å². The highest BCUT2D eigenvalue weighted by molar-refractivity contribution is 6.02. The number of urea groups is 1. The summed E-state index contributed by atoms with van der Waals surface area (Å²) >= 11 is 0. The van der Waals surface area contributed by atoms with Crippen molar-refractivity contribution in [3.8, 4) is 28.8 Å². The largest absolute Gasteiger partial charge is 0.465 e. The summed E-state index contributed by atoms with van der Waals surface area (Å²) in [6.07, 6.45) is 0.405. The molecule has 4 rings (SSSR count). The molecule has 148 valence electrons. The molecular formula is C21H15N5O4. The predicted molar refractivity (Wildman–Crippen MR) is 106 cm³/mol. The normalized spacial score (nSPS) is 12.0. The van der Waals surface area contributed by atoms with E-state index < -0.39 is 12.1 Å². The maximum atomic E-state index is 12.4. The Labute approximate surface area is 171 Å². The van der Waals surface area contributed by atoms with Crippen molar-refractivity contribution in [2.75, 3.05) is 11.4 Å². The molecule has 0 atom stereocenters. The van der Waals surface area contributed by atoms with Crippen LogP contribution in [0.1, 0.15) is 11.4 Å². The molecule has 0 saturated carbocycles. The zero-order valence-electron chi connectivity index (χ0n) is 15.6. The predicted octanol–water partition coefficient (Wildman–Crippen LogP) is 3.56. The van der Waals surface area contributed by atoms with Crippen LogP contribution in [0, 0.1) is 11.3 Å². The second kappa shape index (κ2) is 7.89. The highest BCUT2D eigenvalue weighted by Gasteiger charge is 2.30. The number of amides is 3. The number of ether oxygens (including phenoxy) is 1. The molecule has 0 aliphatic carbocycles. The fourth-order valence-corrected chi connectivity index (χ4v) is 3.35. The van der Waals surface area contributed by atoms with E-state index in [9.17, 15) is 9.59 Å². The number of carboxylic acid groups (broad SMARTS) is 1. The summed E-state index contributed by atoms with van der Waals surface area (Å²) in [7, 11) is 0. The number of nitrogens with zero attached hydrogens (tertiary/aromatic N) is 4. The summed E-state index contributed by atoms with van der Waals surface area (Å²) in [4.78, 5) is 32.5. The van der Waals surface area contributed by atoms with Crippen molar-refractivity contribution >= 4 is 17.8 Å². The minimum Gasteiger partial charge on any atom is -0.465 e. The van der Waals surface area contributed by atoms with Gasteiger partial charge in [0.15, 0.2) is 5.75 Å². The first-order valence-electron chi connectivity index (χ1n) is 9.00. The third-order valence-electron chi connectivity index (χ3n) is 4.60. The van der Waals surface area contributed by atoms with Crippen LogP contribution in [0.4, 0.5) is 15.3 Å². The van der Waals surface area contributed by atoms with E-state index in [0.717, 1.165) is 16.7 Å². The van der Waals surface area contributed by atoms with Crippen molar-refractivity contribution in [3.63, 3.8) is 0 Å². The van der Waals surface area contributed by atoms with Gasteiger partial charge < -0.3 is 9.84 Å². The van der Waals surface area contributed by atoms with E-state index >= 15 is 0 Å². The number of carbonyl (C=O) groups excluding carboxylic acids is 1. The first-order valence-corrected chi connectivity index (χ1v) is 9.00. The standard InChI is InChI=1S/C21H15N5O4/c22-12-17-23-10-8-18(24-17)30-19-15-9-11-26(20(27)25-21(28)29)16(19)7-6-14(15)13-4-2-1-3-5-13/h1-8,10H,9,11H2,(H,25,27)(H,28,29). The molecule has 2 heterocycles. The molecule has 0 saturated heterocycles. The van der Waals surface area contributed by atoms with Gasteiger partial charge in [0.1, 0.15) is 6.07 Å². The molecule has 9 nitrogen and oxygen atoms in total. The molecule has 1 aliphatic rings. The van der Waals surface area contributed by atoms with Gasteiger partial charge in [0, 0.05) is 24.4 Å². The first kappa shape index (κ1) is 18.9. The lowest BCUT2D eigenvalue weighted by molar-refractivity contribution is 0.193. The Balaban J connectivity index is 1.82. The number of hydrogen-bond acceptors (Lipinski definition) is 6. The van der Waals surface area contributed by atoms with Gasteiger partial charge in [0.25, 0.3) is 0 Å². The van der Waals surface area contributed by atoms with Crippen LogP contribution in [0.15, 0.2) is 54.7 Å². The van der Waals surface area contributed by atoms with Crippen LogP contribution in [-0.2, 0) is 6.42 Å². The van der Waals surface area contributed by atoms with Crippen molar-refractivity contribution < 1.29 is 19.4 Å². The number of benzene rings is 2. The van der Waals surface area contributed by atoms with Gasteiger partial charge in [-0.3, -0.25) is 4.90 Å².